The Balaban J connectivity index is 0.00000312. The first kappa shape index (κ1) is 21.8. The molecule has 0 radical (unpaired) electrons. The molecule has 1 amide bonds. The molecule has 7 nitrogen and oxygen atoms in total. The number of aryl methyl sites for hydroxylation is 1. The van der Waals surface area contributed by atoms with E-state index in [0.29, 0.717) is 6.42 Å². The zero-order valence-electron chi connectivity index (χ0n) is 15.7. The first-order chi connectivity index (χ1) is 11.5. The van der Waals surface area contributed by atoms with Crippen molar-refractivity contribution in [1.82, 2.24) is 24.6 Å². The number of amides is 1. The second kappa shape index (κ2) is 10.6. The molecule has 8 heteroatoms. The summed E-state index contributed by atoms with van der Waals surface area (Å²) >= 11 is 0. The van der Waals surface area contributed by atoms with E-state index in [1.54, 1.807) is 4.90 Å². The molecular weight excluding hydrogens is 431 g/mol. The summed E-state index contributed by atoms with van der Waals surface area (Å²) in [5, 5.41) is 3.43. The normalized spacial score (nSPS) is 15.7. The van der Waals surface area contributed by atoms with Crippen LogP contribution in [-0.2, 0) is 18.4 Å². The predicted molar refractivity (Wildman–Crippen MR) is 112 cm³/mol. The molecule has 2 heterocycles. The summed E-state index contributed by atoms with van der Waals surface area (Å²) in [7, 11) is 7.47. The van der Waals surface area contributed by atoms with Crippen LogP contribution in [0.15, 0.2) is 23.5 Å². The minimum absolute atomic E-state index is 0. The highest BCUT2D eigenvalue weighted by molar-refractivity contribution is 14.0. The van der Waals surface area contributed by atoms with E-state index in [4.69, 9.17) is 0 Å². The second-order valence-electron chi connectivity index (χ2n) is 6.45. The van der Waals surface area contributed by atoms with Gasteiger partial charge in [0.15, 0.2) is 5.96 Å². The van der Waals surface area contributed by atoms with Gasteiger partial charge in [-0.25, -0.2) is 0 Å². The highest BCUT2D eigenvalue weighted by Gasteiger charge is 2.20. The maximum atomic E-state index is 11.7. The number of hydrogen-bond donors (Lipinski definition) is 1. The van der Waals surface area contributed by atoms with Gasteiger partial charge in [0.2, 0.25) is 5.91 Å². The van der Waals surface area contributed by atoms with Crippen molar-refractivity contribution in [3.8, 4) is 0 Å². The molecule has 1 aromatic rings. The highest BCUT2D eigenvalue weighted by Crippen LogP contribution is 2.05. The Morgan fingerprint density at radius 1 is 1.28 bits per heavy atom. The third kappa shape index (κ3) is 6.85. The molecule has 1 N–H and O–H groups in total. The van der Waals surface area contributed by atoms with E-state index in [0.717, 1.165) is 45.2 Å². The molecule has 1 aromatic heterocycles. The Morgan fingerprint density at radius 2 is 1.96 bits per heavy atom. The molecule has 25 heavy (non-hydrogen) atoms. The molecule has 1 aliphatic rings. The number of guanidine groups is 1. The first-order valence-corrected chi connectivity index (χ1v) is 8.48. The van der Waals surface area contributed by atoms with Gasteiger partial charge in [-0.2, -0.15) is 0 Å². The molecule has 0 aromatic carbocycles. The highest BCUT2D eigenvalue weighted by atomic mass is 127. The average molecular weight is 462 g/mol. The van der Waals surface area contributed by atoms with Gasteiger partial charge in [-0.3, -0.25) is 14.7 Å². The predicted octanol–water partition coefficient (Wildman–Crippen LogP) is 0.814. The van der Waals surface area contributed by atoms with Gasteiger partial charge in [0, 0.05) is 86.3 Å². The van der Waals surface area contributed by atoms with E-state index >= 15 is 0 Å². The number of nitrogens with one attached hydrogen (secondary N) is 1. The van der Waals surface area contributed by atoms with Crippen molar-refractivity contribution < 1.29 is 4.79 Å². The molecule has 2 rings (SSSR count). The zero-order valence-corrected chi connectivity index (χ0v) is 18.1. The van der Waals surface area contributed by atoms with Gasteiger partial charge in [0.1, 0.15) is 0 Å². The summed E-state index contributed by atoms with van der Waals surface area (Å²) in [6.45, 7) is 5.42. The van der Waals surface area contributed by atoms with E-state index in [1.807, 2.05) is 39.0 Å². The summed E-state index contributed by atoms with van der Waals surface area (Å²) in [4.78, 5) is 22.4. The topological polar surface area (TPSA) is 56.1 Å². The van der Waals surface area contributed by atoms with E-state index < -0.39 is 0 Å². The molecule has 1 saturated heterocycles. The number of aliphatic imine (C=N–C) groups is 1. The summed E-state index contributed by atoms with van der Waals surface area (Å²) in [6, 6.07) is 2.11. The van der Waals surface area contributed by atoms with Crippen molar-refractivity contribution in [3.63, 3.8) is 0 Å². The van der Waals surface area contributed by atoms with Crippen LogP contribution < -0.4 is 5.32 Å². The van der Waals surface area contributed by atoms with Crippen LogP contribution in [0.4, 0.5) is 0 Å². The lowest BCUT2D eigenvalue weighted by Crippen LogP contribution is -2.52. The lowest BCUT2D eigenvalue weighted by atomic mass is 10.3. The van der Waals surface area contributed by atoms with Gasteiger partial charge in [-0.1, -0.05) is 0 Å². The third-order valence-electron chi connectivity index (χ3n) is 4.37. The summed E-state index contributed by atoms with van der Waals surface area (Å²) in [5.41, 5.74) is 1.25. The van der Waals surface area contributed by atoms with Gasteiger partial charge in [0.05, 0.1) is 0 Å². The molecule has 0 atom stereocenters. The Hall–Kier alpha value is -1.29. The van der Waals surface area contributed by atoms with E-state index in [2.05, 4.69) is 32.4 Å². The first-order valence-electron chi connectivity index (χ1n) is 8.48. The van der Waals surface area contributed by atoms with Gasteiger partial charge in [0.25, 0.3) is 0 Å². The standard InChI is InChI=1S/C17H30N6O.HI/c1-18-17(19-13-15-5-7-21(4)14-15)23-11-9-22(10-12-23)8-6-16(24)20(2)3;/h5,7,14H,6,8-13H2,1-4H3,(H,18,19);1H. The minimum Gasteiger partial charge on any atom is -0.357 e. The molecular formula is C17H31IN6O. The van der Waals surface area contributed by atoms with Crippen LogP contribution in [-0.4, -0.2) is 85.0 Å². The largest absolute Gasteiger partial charge is 0.357 e. The second-order valence-corrected chi connectivity index (χ2v) is 6.45. The molecule has 0 spiro atoms. The average Bonchev–Trinajstić information content (AvgIpc) is 2.99. The van der Waals surface area contributed by atoms with Crippen molar-refractivity contribution in [3.05, 3.63) is 24.0 Å². The molecule has 1 fully saturated rings. The van der Waals surface area contributed by atoms with Crippen molar-refractivity contribution in [2.24, 2.45) is 12.0 Å². The Kier molecular flexibility index (Phi) is 9.26. The van der Waals surface area contributed by atoms with Crippen LogP contribution in [0.25, 0.3) is 0 Å². The van der Waals surface area contributed by atoms with Crippen molar-refractivity contribution in [2.45, 2.75) is 13.0 Å². The van der Waals surface area contributed by atoms with Crippen molar-refractivity contribution in [1.29, 1.82) is 0 Å². The molecule has 1 aliphatic heterocycles. The fraction of sp³-hybridized carbons (Fsp3) is 0.647. The Morgan fingerprint density at radius 3 is 2.48 bits per heavy atom. The van der Waals surface area contributed by atoms with E-state index in [9.17, 15) is 4.79 Å². The summed E-state index contributed by atoms with van der Waals surface area (Å²) < 4.78 is 2.05. The van der Waals surface area contributed by atoms with Gasteiger partial charge >= 0.3 is 0 Å². The summed E-state index contributed by atoms with van der Waals surface area (Å²) in [6.07, 6.45) is 4.75. The molecule has 0 saturated carbocycles. The van der Waals surface area contributed by atoms with Gasteiger partial charge in [-0.05, 0) is 11.6 Å². The number of aromatic nitrogens is 1. The van der Waals surface area contributed by atoms with E-state index in [1.165, 1.54) is 5.56 Å². The van der Waals surface area contributed by atoms with Crippen LogP contribution in [0.3, 0.4) is 0 Å². The minimum atomic E-state index is 0. The van der Waals surface area contributed by atoms with Crippen LogP contribution in [0, 0.1) is 0 Å². The van der Waals surface area contributed by atoms with Crippen LogP contribution in [0.2, 0.25) is 0 Å². The SMILES string of the molecule is CN=C(NCc1ccn(C)c1)N1CCN(CCC(=O)N(C)C)CC1.I. The maximum Gasteiger partial charge on any atom is 0.223 e. The number of piperazine rings is 1. The number of halogens is 1. The van der Waals surface area contributed by atoms with Crippen LogP contribution in [0.5, 0.6) is 0 Å². The van der Waals surface area contributed by atoms with Gasteiger partial charge in [-0.15, -0.1) is 24.0 Å². The number of hydrogen-bond acceptors (Lipinski definition) is 3. The molecule has 0 bridgehead atoms. The van der Waals surface area contributed by atoms with Crippen LogP contribution in [0.1, 0.15) is 12.0 Å². The molecule has 0 aliphatic carbocycles. The number of rotatable bonds is 5. The Labute approximate surface area is 168 Å². The number of nitrogens with zero attached hydrogens (tertiary/aromatic N) is 5. The maximum absolute atomic E-state index is 11.7. The zero-order chi connectivity index (χ0) is 17.5. The van der Waals surface area contributed by atoms with Crippen molar-refractivity contribution >= 4 is 35.8 Å². The molecule has 0 unspecified atom stereocenters. The van der Waals surface area contributed by atoms with E-state index in [-0.39, 0.29) is 29.9 Å². The number of carbonyl (C=O) groups is 1. The smallest absolute Gasteiger partial charge is 0.223 e. The molecule has 142 valence electrons. The summed E-state index contributed by atoms with van der Waals surface area (Å²) in [5.74, 6) is 1.14. The fourth-order valence-electron chi connectivity index (χ4n) is 2.84. The van der Waals surface area contributed by atoms with Crippen LogP contribution >= 0.6 is 24.0 Å². The van der Waals surface area contributed by atoms with Gasteiger partial charge < -0.3 is 19.7 Å². The lowest BCUT2D eigenvalue weighted by Gasteiger charge is -2.36. The van der Waals surface area contributed by atoms with Crippen molar-refractivity contribution in [2.75, 3.05) is 53.9 Å². The number of carbonyl (C=O) groups excluding carboxylic acids is 1. The Bertz CT molecular complexity index is 563. The quantitative estimate of drug-likeness (QED) is 0.400. The fourth-order valence-corrected chi connectivity index (χ4v) is 2.84. The third-order valence-corrected chi connectivity index (χ3v) is 4.37. The lowest BCUT2D eigenvalue weighted by molar-refractivity contribution is -0.129. The monoisotopic (exact) mass is 462 g/mol.